The summed E-state index contributed by atoms with van der Waals surface area (Å²) in [4.78, 5) is 13.4. The first-order valence-electron chi connectivity index (χ1n) is 10.1. The molecule has 1 aromatic heterocycles. The summed E-state index contributed by atoms with van der Waals surface area (Å²) >= 11 is 6.20. The van der Waals surface area contributed by atoms with E-state index in [1.807, 2.05) is 0 Å². The van der Waals surface area contributed by atoms with Gasteiger partial charge in [0.15, 0.2) is 0 Å². The predicted octanol–water partition coefficient (Wildman–Crippen LogP) is 4.97. The SMILES string of the molecule is COc1ccc(Cn2c(=O)n(C3CCC(N)CC3)c3ccc(C(F)(F)F)cc32)cc1Cl. The molecular weight excluding hydrogens is 431 g/mol. The molecule has 9 heteroatoms. The third-order valence-corrected chi connectivity index (χ3v) is 6.25. The standard InChI is InChI=1S/C22H23ClF3N3O2/c1-31-20-9-2-13(10-17(20)23)12-28-19-11-14(22(24,25)26)3-8-18(19)29(21(28)30)16-6-4-15(27)5-7-16/h2-3,8-11,15-16H,4-7,12,27H2,1H3. The van der Waals surface area contributed by atoms with E-state index in [1.165, 1.54) is 17.7 Å². The largest absolute Gasteiger partial charge is 0.495 e. The summed E-state index contributed by atoms with van der Waals surface area (Å²) < 4.78 is 48.3. The van der Waals surface area contributed by atoms with Gasteiger partial charge >= 0.3 is 11.9 Å². The number of ether oxygens (including phenoxy) is 1. The van der Waals surface area contributed by atoms with Crippen LogP contribution in [0.3, 0.4) is 0 Å². The van der Waals surface area contributed by atoms with Crippen LogP contribution in [-0.4, -0.2) is 22.3 Å². The molecule has 1 aliphatic carbocycles. The van der Waals surface area contributed by atoms with Crippen LogP contribution < -0.4 is 16.2 Å². The number of halogens is 4. The molecule has 0 radical (unpaired) electrons. The fraction of sp³-hybridized carbons (Fsp3) is 0.409. The number of nitrogens with zero attached hydrogens (tertiary/aromatic N) is 2. The van der Waals surface area contributed by atoms with Gasteiger partial charge in [-0.05, 0) is 61.6 Å². The molecule has 3 aromatic rings. The second-order valence-corrected chi connectivity index (χ2v) is 8.38. The molecule has 166 valence electrons. The van der Waals surface area contributed by atoms with Gasteiger partial charge in [-0.1, -0.05) is 17.7 Å². The highest BCUT2D eigenvalue weighted by Gasteiger charge is 2.32. The van der Waals surface area contributed by atoms with Crippen LogP contribution >= 0.6 is 11.6 Å². The molecule has 31 heavy (non-hydrogen) atoms. The first-order chi connectivity index (χ1) is 14.7. The Morgan fingerprint density at radius 3 is 2.42 bits per heavy atom. The minimum atomic E-state index is -4.50. The Kier molecular flexibility index (Phi) is 5.79. The summed E-state index contributed by atoms with van der Waals surface area (Å²) in [5.74, 6) is 0.484. The van der Waals surface area contributed by atoms with Crippen molar-refractivity contribution in [2.24, 2.45) is 5.73 Å². The first-order valence-corrected chi connectivity index (χ1v) is 10.5. The monoisotopic (exact) mass is 453 g/mol. The minimum absolute atomic E-state index is 0.0905. The molecule has 2 N–H and O–H groups in total. The number of fused-ring (bicyclic) bond motifs is 1. The lowest BCUT2D eigenvalue weighted by Gasteiger charge is -2.27. The highest BCUT2D eigenvalue weighted by atomic mass is 35.5. The topological polar surface area (TPSA) is 62.2 Å². The molecule has 0 unspecified atom stereocenters. The number of aromatic nitrogens is 2. The van der Waals surface area contributed by atoms with E-state index in [9.17, 15) is 18.0 Å². The van der Waals surface area contributed by atoms with Gasteiger partial charge in [-0.25, -0.2) is 4.79 Å². The molecule has 5 nitrogen and oxygen atoms in total. The van der Waals surface area contributed by atoms with E-state index in [4.69, 9.17) is 22.1 Å². The Balaban J connectivity index is 1.85. The van der Waals surface area contributed by atoms with E-state index in [0.717, 1.165) is 37.8 Å². The maximum atomic E-state index is 13.4. The zero-order valence-corrected chi connectivity index (χ0v) is 17.7. The average molecular weight is 454 g/mol. The Hall–Kier alpha value is -2.45. The number of methoxy groups -OCH3 is 1. The number of hydrogen-bond acceptors (Lipinski definition) is 3. The van der Waals surface area contributed by atoms with Crippen molar-refractivity contribution in [1.29, 1.82) is 0 Å². The van der Waals surface area contributed by atoms with Crippen LogP contribution in [0.1, 0.15) is 42.9 Å². The first kappa shape index (κ1) is 21.8. The van der Waals surface area contributed by atoms with Gasteiger partial charge in [0, 0.05) is 12.1 Å². The van der Waals surface area contributed by atoms with Crippen molar-refractivity contribution in [2.75, 3.05) is 7.11 Å². The number of alkyl halides is 3. The van der Waals surface area contributed by atoms with E-state index in [2.05, 4.69) is 0 Å². The van der Waals surface area contributed by atoms with E-state index >= 15 is 0 Å². The van der Waals surface area contributed by atoms with Crippen LogP contribution in [0, 0.1) is 0 Å². The smallest absolute Gasteiger partial charge is 0.416 e. The highest BCUT2D eigenvalue weighted by Crippen LogP contribution is 2.34. The Morgan fingerprint density at radius 2 is 1.81 bits per heavy atom. The van der Waals surface area contributed by atoms with Gasteiger partial charge in [0.2, 0.25) is 0 Å². The second kappa shape index (κ2) is 8.24. The maximum Gasteiger partial charge on any atom is 0.416 e. The lowest BCUT2D eigenvalue weighted by Crippen LogP contribution is -2.33. The normalized spacial score (nSPS) is 19.7. The molecule has 0 spiro atoms. The van der Waals surface area contributed by atoms with E-state index < -0.39 is 11.7 Å². The quantitative estimate of drug-likeness (QED) is 0.606. The molecule has 1 saturated carbocycles. The molecule has 0 atom stereocenters. The van der Waals surface area contributed by atoms with Gasteiger partial charge < -0.3 is 10.5 Å². The van der Waals surface area contributed by atoms with Crippen LogP contribution in [0.4, 0.5) is 13.2 Å². The Morgan fingerprint density at radius 1 is 1.10 bits per heavy atom. The zero-order chi connectivity index (χ0) is 22.3. The van der Waals surface area contributed by atoms with Gasteiger partial charge in [-0.2, -0.15) is 13.2 Å². The summed E-state index contributed by atoms with van der Waals surface area (Å²) in [7, 11) is 1.49. The number of benzene rings is 2. The second-order valence-electron chi connectivity index (χ2n) is 7.98. The van der Waals surface area contributed by atoms with Crippen LogP contribution in [0.2, 0.25) is 5.02 Å². The van der Waals surface area contributed by atoms with Gasteiger partial charge in [0.25, 0.3) is 0 Å². The third-order valence-electron chi connectivity index (χ3n) is 5.95. The third kappa shape index (κ3) is 4.19. The average Bonchev–Trinajstić information content (AvgIpc) is 2.99. The van der Waals surface area contributed by atoms with Gasteiger partial charge in [0.1, 0.15) is 5.75 Å². The molecule has 0 aliphatic heterocycles. The lowest BCUT2D eigenvalue weighted by molar-refractivity contribution is -0.137. The lowest BCUT2D eigenvalue weighted by atomic mass is 9.91. The fourth-order valence-electron chi connectivity index (χ4n) is 4.31. The number of nitrogens with two attached hydrogens (primary N) is 1. The number of imidazole rings is 1. The number of rotatable bonds is 4. The van der Waals surface area contributed by atoms with E-state index in [0.29, 0.717) is 21.9 Å². The number of hydrogen-bond donors (Lipinski definition) is 1. The molecule has 1 fully saturated rings. The van der Waals surface area contributed by atoms with E-state index in [1.54, 1.807) is 22.8 Å². The summed E-state index contributed by atoms with van der Waals surface area (Å²) in [5.41, 5.74) is 6.32. The summed E-state index contributed by atoms with van der Waals surface area (Å²) in [5, 5.41) is 0.369. The van der Waals surface area contributed by atoms with Gasteiger partial charge in [-0.3, -0.25) is 9.13 Å². The van der Waals surface area contributed by atoms with Crippen molar-refractivity contribution in [1.82, 2.24) is 9.13 Å². The predicted molar refractivity (Wildman–Crippen MR) is 114 cm³/mol. The highest BCUT2D eigenvalue weighted by molar-refractivity contribution is 6.32. The van der Waals surface area contributed by atoms with Crippen molar-refractivity contribution in [3.05, 3.63) is 63.0 Å². The van der Waals surface area contributed by atoms with Crippen molar-refractivity contribution >= 4 is 22.6 Å². The molecule has 1 aliphatic rings. The van der Waals surface area contributed by atoms with Crippen molar-refractivity contribution < 1.29 is 17.9 Å². The van der Waals surface area contributed by atoms with Crippen LogP contribution in [-0.2, 0) is 12.7 Å². The Labute approximate surface area is 182 Å². The van der Waals surface area contributed by atoms with Crippen LogP contribution in [0.15, 0.2) is 41.2 Å². The maximum absolute atomic E-state index is 13.4. The zero-order valence-electron chi connectivity index (χ0n) is 17.0. The van der Waals surface area contributed by atoms with E-state index in [-0.39, 0.29) is 29.8 Å². The van der Waals surface area contributed by atoms with Crippen molar-refractivity contribution in [3.63, 3.8) is 0 Å². The van der Waals surface area contributed by atoms with Gasteiger partial charge in [0.05, 0.1) is 35.3 Å². The molecule has 4 rings (SSSR count). The minimum Gasteiger partial charge on any atom is -0.495 e. The van der Waals surface area contributed by atoms with Crippen LogP contribution in [0.5, 0.6) is 5.75 Å². The molecule has 0 saturated heterocycles. The summed E-state index contributed by atoms with van der Waals surface area (Å²) in [6.45, 7) is 0.0968. The van der Waals surface area contributed by atoms with Gasteiger partial charge in [-0.15, -0.1) is 0 Å². The molecule has 2 aromatic carbocycles. The molecule has 1 heterocycles. The molecule has 0 bridgehead atoms. The summed E-state index contributed by atoms with van der Waals surface area (Å²) in [6, 6.07) is 8.55. The Bertz CT molecular complexity index is 1160. The summed E-state index contributed by atoms with van der Waals surface area (Å²) in [6.07, 6.45) is -1.51. The fourth-order valence-corrected chi connectivity index (χ4v) is 4.59. The molecular formula is C22H23ClF3N3O2. The van der Waals surface area contributed by atoms with Crippen molar-refractivity contribution in [3.8, 4) is 5.75 Å². The van der Waals surface area contributed by atoms with Crippen LogP contribution in [0.25, 0.3) is 11.0 Å². The van der Waals surface area contributed by atoms with Crippen molar-refractivity contribution in [2.45, 2.75) is 50.5 Å². The molecule has 0 amide bonds.